The van der Waals surface area contributed by atoms with E-state index in [1.54, 1.807) is 0 Å². The minimum absolute atomic E-state index is 0.0000463. The summed E-state index contributed by atoms with van der Waals surface area (Å²) in [7, 11) is 0. The molecule has 3 aromatic rings. The number of aromatic amines is 1. The first-order chi connectivity index (χ1) is 9.07. The fourth-order valence-corrected chi connectivity index (χ4v) is 1.89. The molecule has 0 amide bonds. The highest BCUT2D eigenvalue weighted by Crippen LogP contribution is 2.37. The van der Waals surface area contributed by atoms with Crippen LogP contribution in [0.1, 0.15) is 5.56 Å². The second-order valence-electron chi connectivity index (χ2n) is 3.90. The van der Waals surface area contributed by atoms with Crippen LogP contribution in [-0.4, -0.2) is 20.2 Å². The fraction of sp³-hybridized carbons (Fsp3) is 0.0833. The lowest BCUT2D eigenvalue weighted by Crippen LogP contribution is -2.07. The molecule has 7 heteroatoms. The number of halogens is 3. The Morgan fingerprint density at radius 1 is 1.11 bits per heavy atom. The normalized spacial score (nSPS) is 11.9. The molecule has 0 saturated heterocycles. The third-order valence-corrected chi connectivity index (χ3v) is 2.71. The van der Waals surface area contributed by atoms with Gasteiger partial charge in [0.2, 0.25) is 0 Å². The maximum atomic E-state index is 13.0. The van der Waals surface area contributed by atoms with Crippen LogP contribution in [0.5, 0.6) is 0 Å². The summed E-state index contributed by atoms with van der Waals surface area (Å²) in [5.74, 6) is 0. The van der Waals surface area contributed by atoms with E-state index < -0.39 is 11.7 Å². The van der Waals surface area contributed by atoms with Gasteiger partial charge in [0.05, 0.1) is 11.8 Å². The van der Waals surface area contributed by atoms with Gasteiger partial charge in [-0.25, -0.2) is 9.97 Å². The Balaban J connectivity index is 2.28. The predicted octanol–water partition coefficient (Wildman–Crippen LogP) is 3.04. The number of alkyl halides is 3. The largest absolute Gasteiger partial charge is 0.417 e. The molecule has 0 fully saturated rings. The van der Waals surface area contributed by atoms with Gasteiger partial charge >= 0.3 is 6.18 Å². The number of rotatable bonds is 1. The van der Waals surface area contributed by atoms with Crippen molar-refractivity contribution in [2.24, 2.45) is 0 Å². The standard InChI is InChI=1S/C12H7F3N4/c13-12(14,15)8-4-2-1-3-7(8)10-11-9(18-19-10)5-16-6-17-11/h1-6H,(H,18,19). The van der Waals surface area contributed by atoms with E-state index in [9.17, 15) is 13.2 Å². The van der Waals surface area contributed by atoms with E-state index in [0.717, 1.165) is 6.07 Å². The quantitative estimate of drug-likeness (QED) is 0.735. The molecular formula is C12H7F3N4. The van der Waals surface area contributed by atoms with E-state index in [0.29, 0.717) is 11.0 Å². The van der Waals surface area contributed by atoms with Crippen LogP contribution in [-0.2, 0) is 6.18 Å². The summed E-state index contributed by atoms with van der Waals surface area (Å²) >= 11 is 0. The Labute approximate surface area is 105 Å². The third kappa shape index (κ3) is 1.92. The molecule has 2 aromatic heterocycles. The summed E-state index contributed by atoms with van der Waals surface area (Å²) in [5, 5.41) is 6.54. The highest BCUT2D eigenvalue weighted by atomic mass is 19.4. The molecule has 0 bridgehead atoms. The number of fused-ring (bicyclic) bond motifs is 1. The molecule has 0 atom stereocenters. The molecule has 0 saturated carbocycles. The van der Waals surface area contributed by atoms with Gasteiger partial charge in [0.1, 0.15) is 23.1 Å². The molecule has 1 aromatic carbocycles. The predicted molar refractivity (Wildman–Crippen MR) is 62.1 cm³/mol. The fourth-order valence-electron chi connectivity index (χ4n) is 1.89. The first-order valence-corrected chi connectivity index (χ1v) is 5.38. The minimum atomic E-state index is -4.44. The summed E-state index contributed by atoms with van der Waals surface area (Å²) in [6.07, 6.45) is -1.69. The lowest BCUT2D eigenvalue weighted by atomic mass is 10.0. The molecule has 3 rings (SSSR count). The number of H-pyrrole nitrogens is 1. The van der Waals surface area contributed by atoms with E-state index in [1.165, 1.54) is 30.7 Å². The molecule has 0 spiro atoms. The van der Waals surface area contributed by atoms with Crippen LogP contribution in [0, 0.1) is 0 Å². The number of aromatic nitrogens is 4. The first-order valence-electron chi connectivity index (χ1n) is 5.38. The van der Waals surface area contributed by atoms with Gasteiger partial charge in [-0.15, -0.1) is 0 Å². The third-order valence-electron chi connectivity index (χ3n) is 2.71. The second-order valence-corrected chi connectivity index (χ2v) is 3.90. The number of hydrogen-bond acceptors (Lipinski definition) is 3. The second kappa shape index (κ2) is 4.04. The van der Waals surface area contributed by atoms with E-state index in [4.69, 9.17) is 0 Å². The highest BCUT2D eigenvalue weighted by Gasteiger charge is 2.34. The van der Waals surface area contributed by atoms with Crippen LogP contribution < -0.4 is 0 Å². The van der Waals surface area contributed by atoms with Crippen molar-refractivity contribution < 1.29 is 13.2 Å². The molecule has 0 aliphatic heterocycles. The van der Waals surface area contributed by atoms with Gasteiger partial charge in [-0.2, -0.15) is 18.3 Å². The van der Waals surface area contributed by atoms with Crippen molar-refractivity contribution in [2.75, 3.05) is 0 Å². The van der Waals surface area contributed by atoms with Crippen LogP contribution in [0.3, 0.4) is 0 Å². The molecule has 4 nitrogen and oxygen atoms in total. The monoisotopic (exact) mass is 264 g/mol. The number of nitrogens with zero attached hydrogens (tertiary/aromatic N) is 3. The van der Waals surface area contributed by atoms with Gasteiger partial charge in [-0.05, 0) is 6.07 Å². The summed E-state index contributed by atoms with van der Waals surface area (Å²) in [5.41, 5.74) is 0.300. The van der Waals surface area contributed by atoms with Gasteiger partial charge in [0.15, 0.2) is 0 Å². The van der Waals surface area contributed by atoms with Crippen LogP contribution in [0.4, 0.5) is 13.2 Å². The number of hydrogen-bond donors (Lipinski definition) is 1. The summed E-state index contributed by atoms with van der Waals surface area (Å²) in [6.45, 7) is 0. The Hall–Kier alpha value is -2.44. The van der Waals surface area contributed by atoms with Crippen LogP contribution in [0.15, 0.2) is 36.8 Å². The van der Waals surface area contributed by atoms with Gasteiger partial charge < -0.3 is 0 Å². The Kier molecular flexibility index (Phi) is 2.48. The molecular weight excluding hydrogens is 257 g/mol. The Bertz CT molecular complexity index is 733. The van der Waals surface area contributed by atoms with Crippen molar-refractivity contribution in [3.8, 4) is 11.3 Å². The molecule has 0 radical (unpaired) electrons. The van der Waals surface area contributed by atoms with E-state index in [1.807, 2.05) is 0 Å². The van der Waals surface area contributed by atoms with Gasteiger partial charge in [0, 0.05) is 5.56 Å². The molecule has 0 aliphatic carbocycles. The van der Waals surface area contributed by atoms with Gasteiger partial charge in [-0.1, -0.05) is 18.2 Å². The average molecular weight is 264 g/mol. The van der Waals surface area contributed by atoms with Crippen LogP contribution >= 0.6 is 0 Å². The van der Waals surface area contributed by atoms with E-state index in [2.05, 4.69) is 20.2 Å². The van der Waals surface area contributed by atoms with Crippen molar-refractivity contribution in [3.63, 3.8) is 0 Å². The molecule has 0 aliphatic rings. The molecule has 96 valence electrons. The maximum Gasteiger partial charge on any atom is 0.417 e. The Morgan fingerprint density at radius 2 is 1.89 bits per heavy atom. The van der Waals surface area contributed by atoms with Gasteiger partial charge in [0.25, 0.3) is 0 Å². The van der Waals surface area contributed by atoms with Crippen molar-refractivity contribution >= 4 is 11.0 Å². The van der Waals surface area contributed by atoms with Crippen molar-refractivity contribution in [2.45, 2.75) is 6.18 Å². The number of benzene rings is 1. The van der Waals surface area contributed by atoms with Crippen molar-refractivity contribution in [1.82, 2.24) is 20.2 Å². The van der Waals surface area contributed by atoms with Crippen molar-refractivity contribution in [1.29, 1.82) is 0 Å². The lowest BCUT2D eigenvalue weighted by molar-refractivity contribution is -0.137. The zero-order chi connectivity index (χ0) is 13.5. The molecule has 1 N–H and O–H groups in total. The highest BCUT2D eigenvalue weighted by molar-refractivity contribution is 5.89. The summed E-state index contributed by atoms with van der Waals surface area (Å²) in [4.78, 5) is 7.75. The average Bonchev–Trinajstić information content (AvgIpc) is 2.81. The minimum Gasteiger partial charge on any atom is -0.274 e. The van der Waals surface area contributed by atoms with E-state index in [-0.39, 0.29) is 11.3 Å². The zero-order valence-electron chi connectivity index (χ0n) is 9.44. The molecule has 19 heavy (non-hydrogen) atoms. The SMILES string of the molecule is FC(F)(F)c1ccccc1-c1n[nH]c2cncnc12. The molecule has 2 heterocycles. The number of nitrogens with one attached hydrogen (secondary N) is 1. The lowest BCUT2D eigenvalue weighted by Gasteiger charge is -2.10. The van der Waals surface area contributed by atoms with Crippen molar-refractivity contribution in [3.05, 3.63) is 42.4 Å². The van der Waals surface area contributed by atoms with E-state index >= 15 is 0 Å². The van der Waals surface area contributed by atoms with Crippen LogP contribution in [0.25, 0.3) is 22.3 Å². The smallest absolute Gasteiger partial charge is 0.274 e. The zero-order valence-corrected chi connectivity index (χ0v) is 9.44. The topological polar surface area (TPSA) is 54.5 Å². The maximum absolute atomic E-state index is 13.0. The first kappa shape index (κ1) is 11.6. The molecule has 0 unspecified atom stereocenters. The van der Waals surface area contributed by atoms with Crippen LogP contribution in [0.2, 0.25) is 0 Å². The summed E-state index contributed by atoms with van der Waals surface area (Å²) < 4.78 is 38.9. The Morgan fingerprint density at radius 3 is 2.68 bits per heavy atom. The van der Waals surface area contributed by atoms with Gasteiger partial charge in [-0.3, -0.25) is 5.10 Å². The summed E-state index contributed by atoms with van der Waals surface area (Å²) in [6, 6.07) is 5.28.